The van der Waals surface area contributed by atoms with Crippen LogP contribution in [0.3, 0.4) is 0 Å². The molecule has 3 aliphatic rings. The minimum absolute atomic E-state index is 0.0258. The summed E-state index contributed by atoms with van der Waals surface area (Å²) in [6, 6.07) is 18.1. The van der Waals surface area contributed by atoms with Crippen LogP contribution in [0.5, 0.6) is 0 Å². The van der Waals surface area contributed by atoms with Crippen molar-refractivity contribution in [1.82, 2.24) is 20.7 Å². The monoisotopic (exact) mass is 571 g/mol. The maximum Gasteiger partial charge on any atom is 0.103 e. The molecule has 2 aromatic carbocycles. The molecule has 3 saturated carbocycles. The molecule has 6 N–H and O–H groups in total. The van der Waals surface area contributed by atoms with Crippen LogP contribution < -0.4 is 27.2 Å². The zero-order chi connectivity index (χ0) is 30.4. The van der Waals surface area contributed by atoms with E-state index in [2.05, 4.69) is 71.4 Å². The number of nitrogens with two attached hydrogens (primary N) is 1. The molecule has 2 heterocycles. The van der Waals surface area contributed by atoms with E-state index in [1.54, 1.807) is 6.07 Å². The Kier molecular flexibility index (Phi) is 7.07. The van der Waals surface area contributed by atoms with Crippen molar-refractivity contribution in [2.24, 2.45) is 17.2 Å². The van der Waals surface area contributed by atoms with Gasteiger partial charge in [0, 0.05) is 46.6 Å². The van der Waals surface area contributed by atoms with Crippen molar-refractivity contribution >= 4 is 33.2 Å². The van der Waals surface area contributed by atoms with E-state index in [-0.39, 0.29) is 11.0 Å². The van der Waals surface area contributed by atoms with Gasteiger partial charge in [0.05, 0.1) is 39.6 Å². The zero-order valence-corrected chi connectivity index (χ0v) is 25.0. The van der Waals surface area contributed by atoms with Crippen molar-refractivity contribution in [3.8, 4) is 12.1 Å². The number of nitrogens with zero attached hydrogens (tertiary/aromatic N) is 4. The summed E-state index contributed by atoms with van der Waals surface area (Å²) < 4.78 is 0. The van der Waals surface area contributed by atoms with Crippen molar-refractivity contribution < 1.29 is 0 Å². The molecule has 0 radical (unpaired) electrons. The van der Waals surface area contributed by atoms with Crippen LogP contribution in [0.4, 0.5) is 11.4 Å². The molecule has 0 saturated heterocycles. The number of fused-ring (bicyclic) bond motifs is 2. The molecule has 9 heteroatoms. The number of aryl methyl sites for hydroxylation is 1. The molecule has 43 heavy (non-hydrogen) atoms. The molecular formula is C34H37N9. The van der Waals surface area contributed by atoms with E-state index in [9.17, 15) is 10.5 Å². The molecule has 3 fully saturated rings. The second kappa shape index (κ2) is 10.8. The minimum atomic E-state index is -0.403. The van der Waals surface area contributed by atoms with Crippen molar-refractivity contribution in [2.45, 2.75) is 58.5 Å². The van der Waals surface area contributed by atoms with Crippen LogP contribution in [0.1, 0.15) is 68.5 Å². The fourth-order valence-corrected chi connectivity index (χ4v) is 6.22. The Morgan fingerprint density at radius 2 is 1.86 bits per heavy atom. The molecule has 7 rings (SSSR count). The number of rotatable bonds is 9. The molecule has 0 amide bonds. The normalized spacial score (nSPS) is 19.9. The van der Waals surface area contributed by atoms with Gasteiger partial charge in [-0.1, -0.05) is 39.0 Å². The molecule has 1 atom stereocenters. The van der Waals surface area contributed by atoms with E-state index in [1.165, 1.54) is 25.5 Å². The highest BCUT2D eigenvalue weighted by atomic mass is 15.2. The van der Waals surface area contributed by atoms with Crippen molar-refractivity contribution in [3.63, 3.8) is 0 Å². The van der Waals surface area contributed by atoms with E-state index in [4.69, 9.17) is 10.8 Å². The first-order valence-electron chi connectivity index (χ1n) is 14.7. The number of hydrogen-bond donors (Lipinski definition) is 5. The third-order valence-electron chi connectivity index (χ3n) is 8.58. The number of benzene rings is 2. The van der Waals surface area contributed by atoms with Gasteiger partial charge in [-0.2, -0.15) is 10.5 Å². The van der Waals surface area contributed by atoms with Gasteiger partial charge < -0.3 is 21.4 Å². The lowest BCUT2D eigenvalue weighted by Gasteiger charge is -2.62. The van der Waals surface area contributed by atoms with Crippen LogP contribution in [0.15, 0.2) is 60.6 Å². The largest absolute Gasteiger partial charge is 0.384 e. The SMILES string of the molecule is Cc1ccc2c([C@H](Nc3cc(C#N)c4ncc(C#N)c(NCC(C)(C)C)c4c3)/C(=C/NC34CC(C3)C4)NN)cccc2n1. The number of anilines is 2. The van der Waals surface area contributed by atoms with E-state index < -0.39 is 6.04 Å². The highest BCUT2D eigenvalue weighted by molar-refractivity contribution is 5.99. The Bertz CT molecular complexity index is 1820. The molecule has 3 aliphatic carbocycles. The third-order valence-corrected chi connectivity index (χ3v) is 8.58. The average molecular weight is 572 g/mol. The highest BCUT2D eigenvalue weighted by Crippen LogP contribution is 2.57. The van der Waals surface area contributed by atoms with Gasteiger partial charge in [-0.15, -0.1) is 0 Å². The van der Waals surface area contributed by atoms with Gasteiger partial charge in [0.15, 0.2) is 0 Å². The van der Waals surface area contributed by atoms with Gasteiger partial charge in [-0.05, 0) is 67.3 Å². The van der Waals surface area contributed by atoms with Crippen molar-refractivity contribution in [3.05, 3.63) is 82.9 Å². The van der Waals surface area contributed by atoms with Crippen LogP contribution in [0.25, 0.3) is 21.8 Å². The summed E-state index contributed by atoms with van der Waals surface area (Å²) >= 11 is 0. The third kappa shape index (κ3) is 5.40. The first-order valence-corrected chi connectivity index (χ1v) is 14.7. The van der Waals surface area contributed by atoms with E-state index in [0.29, 0.717) is 39.9 Å². The maximum absolute atomic E-state index is 10.2. The van der Waals surface area contributed by atoms with Crippen LogP contribution in [-0.2, 0) is 0 Å². The van der Waals surface area contributed by atoms with Gasteiger partial charge in [0.2, 0.25) is 0 Å². The van der Waals surface area contributed by atoms with E-state index in [0.717, 1.165) is 33.8 Å². The molecule has 2 bridgehead atoms. The number of pyridine rings is 2. The quantitative estimate of drug-likeness (QED) is 0.122. The summed E-state index contributed by atoms with van der Waals surface area (Å²) in [5.74, 6) is 7.04. The summed E-state index contributed by atoms with van der Waals surface area (Å²) in [6.45, 7) is 9.01. The minimum Gasteiger partial charge on any atom is -0.384 e. The predicted octanol–water partition coefficient (Wildman–Crippen LogP) is 5.89. The lowest BCUT2D eigenvalue weighted by atomic mass is 9.50. The van der Waals surface area contributed by atoms with Gasteiger partial charge in [-0.25, -0.2) is 0 Å². The number of nitriles is 2. The summed E-state index contributed by atoms with van der Waals surface area (Å²) in [6.07, 6.45) is 7.08. The summed E-state index contributed by atoms with van der Waals surface area (Å²) in [7, 11) is 0. The second-order valence-electron chi connectivity index (χ2n) is 13.2. The maximum atomic E-state index is 10.2. The van der Waals surface area contributed by atoms with E-state index >= 15 is 0 Å². The molecule has 0 unspecified atom stereocenters. The Morgan fingerprint density at radius 1 is 1.09 bits per heavy atom. The standard InChI is InChI=1S/C34H37N9/c1-20-8-9-25-26(6-5-7-28(25)41-20)32(29(43-37)18-40-34-12-21(13-34)14-34)42-24-10-22(15-35)30-27(11-24)31(23(16-36)17-38-30)39-19-33(2,3)4/h5-11,17-18,21,32,40,42-43H,12-14,19,37H2,1-4H3,(H,38,39)/b29-18-/t21?,32-,34?/m0/s1. The molecule has 2 aromatic heterocycles. The first kappa shape index (κ1) is 28.3. The predicted molar refractivity (Wildman–Crippen MR) is 171 cm³/mol. The summed E-state index contributed by atoms with van der Waals surface area (Å²) in [5, 5.41) is 32.6. The van der Waals surface area contributed by atoms with E-state index in [1.807, 2.05) is 37.4 Å². The topological polar surface area (TPSA) is 148 Å². The number of aromatic nitrogens is 2. The Labute approximate surface area is 252 Å². The smallest absolute Gasteiger partial charge is 0.103 e. The molecular weight excluding hydrogens is 534 g/mol. The molecule has 4 aromatic rings. The molecule has 0 aliphatic heterocycles. The van der Waals surface area contributed by atoms with Crippen molar-refractivity contribution in [1.29, 1.82) is 10.5 Å². The molecule has 0 spiro atoms. The Balaban J connectivity index is 1.48. The lowest BCUT2D eigenvalue weighted by Crippen LogP contribution is -2.65. The average Bonchev–Trinajstić information content (AvgIpc) is 2.94. The highest BCUT2D eigenvalue weighted by Gasteiger charge is 2.56. The second-order valence-corrected chi connectivity index (χ2v) is 13.2. The fourth-order valence-electron chi connectivity index (χ4n) is 6.22. The Hall–Kier alpha value is -4.86. The molecule has 9 nitrogen and oxygen atoms in total. The number of hydrogen-bond acceptors (Lipinski definition) is 9. The van der Waals surface area contributed by atoms with Crippen LogP contribution in [0, 0.1) is 40.9 Å². The van der Waals surface area contributed by atoms with Gasteiger partial charge >= 0.3 is 0 Å². The van der Waals surface area contributed by atoms with Crippen LogP contribution >= 0.6 is 0 Å². The first-order chi connectivity index (χ1) is 20.6. The lowest BCUT2D eigenvalue weighted by molar-refractivity contribution is -0.0402. The van der Waals surface area contributed by atoms with Crippen LogP contribution in [-0.4, -0.2) is 22.1 Å². The zero-order valence-electron chi connectivity index (χ0n) is 25.0. The van der Waals surface area contributed by atoms with Gasteiger partial charge in [-0.3, -0.25) is 15.8 Å². The van der Waals surface area contributed by atoms with Gasteiger partial charge in [0.1, 0.15) is 12.1 Å². The summed E-state index contributed by atoms with van der Waals surface area (Å²) in [5.41, 5.74) is 9.42. The number of hydrazine groups is 1. The summed E-state index contributed by atoms with van der Waals surface area (Å²) in [4.78, 5) is 9.27. The van der Waals surface area contributed by atoms with Gasteiger partial charge in [0.25, 0.3) is 0 Å². The molecule has 218 valence electrons. The Morgan fingerprint density at radius 3 is 2.51 bits per heavy atom. The van der Waals surface area contributed by atoms with Crippen LogP contribution in [0.2, 0.25) is 0 Å². The van der Waals surface area contributed by atoms with Crippen molar-refractivity contribution in [2.75, 3.05) is 17.2 Å². The fraction of sp³-hybridized carbons (Fsp3) is 0.353. The number of nitrogens with one attached hydrogen (secondary N) is 4.